The fraction of sp³-hybridized carbons (Fsp3) is 0.429. The number of hydrogen-bond acceptors (Lipinski definition) is 7. The molecule has 9 heteroatoms. The van der Waals surface area contributed by atoms with E-state index in [1.807, 2.05) is 24.2 Å². The van der Waals surface area contributed by atoms with E-state index in [2.05, 4.69) is 25.7 Å². The van der Waals surface area contributed by atoms with Gasteiger partial charge in [-0.05, 0) is 13.0 Å². The molecule has 3 N–H and O–H groups in total. The highest BCUT2D eigenvalue weighted by molar-refractivity contribution is 6.29. The summed E-state index contributed by atoms with van der Waals surface area (Å²) in [5.74, 6) is 0.998. The molecule has 2 aliphatic heterocycles. The number of hydrazine groups is 1. The number of H-pyrrole nitrogens is 1. The van der Waals surface area contributed by atoms with Gasteiger partial charge in [0.1, 0.15) is 10.8 Å². The van der Waals surface area contributed by atoms with Gasteiger partial charge in [0, 0.05) is 6.20 Å². The molecule has 2 aromatic rings. The summed E-state index contributed by atoms with van der Waals surface area (Å²) in [7, 11) is 0. The summed E-state index contributed by atoms with van der Waals surface area (Å²) in [6.07, 6.45) is 1.81. The maximum absolute atomic E-state index is 6.43. The van der Waals surface area contributed by atoms with Gasteiger partial charge in [0.05, 0.1) is 43.5 Å². The third-order valence-corrected chi connectivity index (χ3v) is 4.21. The Morgan fingerprint density at radius 1 is 1.48 bits per heavy atom. The van der Waals surface area contributed by atoms with Crippen LogP contribution in [0.15, 0.2) is 23.1 Å². The zero-order valence-electron chi connectivity index (χ0n) is 12.6. The van der Waals surface area contributed by atoms with Crippen molar-refractivity contribution in [1.29, 1.82) is 0 Å². The van der Waals surface area contributed by atoms with Crippen LogP contribution < -0.4 is 15.5 Å². The molecule has 0 radical (unpaired) electrons. The van der Waals surface area contributed by atoms with E-state index in [4.69, 9.17) is 21.1 Å². The molecule has 0 unspecified atom stereocenters. The molecule has 4 heterocycles. The topological polar surface area (TPSA) is 87.3 Å². The van der Waals surface area contributed by atoms with Crippen molar-refractivity contribution in [2.45, 2.75) is 13.0 Å². The predicted molar refractivity (Wildman–Crippen MR) is 86.0 cm³/mol. The van der Waals surface area contributed by atoms with Gasteiger partial charge in [0.15, 0.2) is 0 Å². The van der Waals surface area contributed by atoms with Gasteiger partial charge in [-0.15, -0.1) is 0 Å². The molecule has 2 aromatic heterocycles. The molecular formula is C14H17ClN6O2. The van der Waals surface area contributed by atoms with Gasteiger partial charge in [-0.2, -0.15) is 9.97 Å². The van der Waals surface area contributed by atoms with Crippen molar-refractivity contribution in [3.8, 4) is 5.88 Å². The van der Waals surface area contributed by atoms with E-state index in [9.17, 15) is 0 Å². The normalized spacial score (nSPS) is 18.6. The van der Waals surface area contributed by atoms with Crippen LogP contribution in [0.4, 0.5) is 5.95 Å². The maximum Gasteiger partial charge on any atom is 0.232 e. The first-order valence-electron chi connectivity index (χ1n) is 7.50. The molecule has 0 aromatic carbocycles. The number of nitrogens with zero attached hydrogens (tertiary/aromatic N) is 3. The van der Waals surface area contributed by atoms with E-state index >= 15 is 0 Å². The third-order valence-electron chi connectivity index (χ3n) is 3.80. The van der Waals surface area contributed by atoms with Crippen molar-refractivity contribution in [1.82, 2.24) is 25.4 Å². The van der Waals surface area contributed by atoms with Gasteiger partial charge in [0.25, 0.3) is 0 Å². The lowest BCUT2D eigenvalue weighted by atomic mass is 10.2. The molecule has 8 nitrogen and oxygen atoms in total. The Bertz CT molecular complexity index is 757. The van der Waals surface area contributed by atoms with Crippen molar-refractivity contribution in [3.05, 3.63) is 23.1 Å². The predicted octanol–water partition coefficient (Wildman–Crippen LogP) is 1.40. The van der Waals surface area contributed by atoms with Crippen LogP contribution in [0.3, 0.4) is 0 Å². The summed E-state index contributed by atoms with van der Waals surface area (Å²) in [5, 5.41) is 6.58. The Hall–Kier alpha value is -2.03. The smallest absolute Gasteiger partial charge is 0.232 e. The van der Waals surface area contributed by atoms with Crippen LogP contribution in [-0.2, 0) is 4.74 Å². The number of fused-ring (bicyclic) bond motifs is 1. The van der Waals surface area contributed by atoms with Crippen LogP contribution in [0.5, 0.6) is 5.88 Å². The number of hydrogen-bond donors (Lipinski definition) is 3. The molecule has 1 fully saturated rings. The lowest BCUT2D eigenvalue weighted by Crippen LogP contribution is -2.51. The van der Waals surface area contributed by atoms with E-state index in [1.165, 1.54) is 0 Å². The summed E-state index contributed by atoms with van der Waals surface area (Å²) >= 11 is 6.43. The van der Waals surface area contributed by atoms with Crippen molar-refractivity contribution in [2.75, 3.05) is 31.7 Å². The molecule has 0 bridgehead atoms. The Balaban J connectivity index is 1.61. The van der Waals surface area contributed by atoms with Crippen LogP contribution in [0.25, 0.3) is 11.0 Å². The quantitative estimate of drug-likeness (QED) is 0.711. The second kappa shape index (κ2) is 5.88. The lowest BCUT2D eigenvalue weighted by molar-refractivity contribution is -0.0615. The third kappa shape index (κ3) is 2.58. The van der Waals surface area contributed by atoms with Crippen LogP contribution in [-0.4, -0.2) is 52.4 Å². The van der Waals surface area contributed by atoms with Gasteiger partial charge in [-0.1, -0.05) is 11.6 Å². The van der Waals surface area contributed by atoms with Crippen LogP contribution >= 0.6 is 11.6 Å². The number of aromatic nitrogens is 3. The average molecular weight is 337 g/mol. The van der Waals surface area contributed by atoms with E-state index in [1.54, 1.807) is 0 Å². The van der Waals surface area contributed by atoms with Gasteiger partial charge < -0.3 is 19.8 Å². The second-order valence-electron chi connectivity index (χ2n) is 5.32. The van der Waals surface area contributed by atoms with E-state index in [0.29, 0.717) is 43.3 Å². The van der Waals surface area contributed by atoms with Gasteiger partial charge in [-0.25, -0.2) is 5.43 Å². The lowest BCUT2D eigenvalue weighted by Gasteiger charge is -2.35. The van der Waals surface area contributed by atoms with E-state index in [-0.39, 0.29) is 6.04 Å². The van der Waals surface area contributed by atoms with Crippen molar-refractivity contribution < 1.29 is 9.47 Å². The first kappa shape index (κ1) is 14.6. The SMILES string of the molecule is CCOc1nc(NC2=C(Cl)N(C3COC3)NC2)nc2[nH]ccc12. The summed E-state index contributed by atoms with van der Waals surface area (Å²) in [6.45, 7) is 4.40. The summed E-state index contributed by atoms with van der Waals surface area (Å²) in [6, 6.07) is 2.17. The highest BCUT2D eigenvalue weighted by atomic mass is 35.5. The van der Waals surface area contributed by atoms with Gasteiger partial charge in [0.2, 0.25) is 11.8 Å². The van der Waals surface area contributed by atoms with Crippen LogP contribution in [0.2, 0.25) is 0 Å². The number of nitrogens with one attached hydrogen (secondary N) is 3. The van der Waals surface area contributed by atoms with Crippen molar-refractivity contribution in [3.63, 3.8) is 0 Å². The Labute approximate surface area is 137 Å². The number of ether oxygens (including phenoxy) is 2. The largest absolute Gasteiger partial charge is 0.477 e. The first-order chi connectivity index (χ1) is 11.3. The van der Waals surface area contributed by atoms with Crippen molar-refractivity contribution >= 4 is 28.6 Å². The molecule has 0 amide bonds. The van der Waals surface area contributed by atoms with Crippen molar-refractivity contribution in [2.24, 2.45) is 0 Å². The number of anilines is 1. The molecular weight excluding hydrogens is 320 g/mol. The van der Waals surface area contributed by atoms with Crippen LogP contribution in [0, 0.1) is 0 Å². The fourth-order valence-electron chi connectivity index (χ4n) is 2.56. The summed E-state index contributed by atoms with van der Waals surface area (Å²) in [4.78, 5) is 12.0. The molecule has 0 aliphatic carbocycles. The minimum atomic E-state index is 0.271. The first-order valence-corrected chi connectivity index (χ1v) is 7.88. The zero-order chi connectivity index (χ0) is 15.8. The minimum Gasteiger partial charge on any atom is -0.477 e. The average Bonchev–Trinajstić information content (AvgIpc) is 3.08. The Kier molecular flexibility index (Phi) is 3.72. The molecule has 0 saturated carbocycles. The van der Waals surface area contributed by atoms with Gasteiger partial charge in [-0.3, -0.25) is 5.01 Å². The maximum atomic E-state index is 6.43. The monoisotopic (exact) mass is 336 g/mol. The molecule has 0 spiro atoms. The van der Waals surface area contributed by atoms with Crippen LogP contribution in [0.1, 0.15) is 6.92 Å². The second-order valence-corrected chi connectivity index (χ2v) is 5.67. The molecule has 0 atom stereocenters. The fourth-order valence-corrected chi connectivity index (χ4v) is 2.87. The van der Waals surface area contributed by atoms with Gasteiger partial charge >= 0.3 is 0 Å². The van der Waals surface area contributed by atoms with E-state index in [0.717, 1.165) is 16.7 Å². The highest BCUT2D eigenvalue weighted by Crippen LogP contribution is 2.27. The molecule has 2 aliphatic rings. The number of aromatic amines is 1. The minimum absolute atomic E-state index is 0.271. The molecule has 1 saturated heterocycles. The molecule has 122 valence electrons. The number of halogens is 1. The standard InChI is InChI=1S/C14H17ClN6O2/c1-2-23-13-9-3-4-16-12(9)19-14(20-13)18-10-5-17-21(11(10)15)8-6-22-7-8/h3-4,8,17H,2,5-7H2,1H3,(H2,16,18,19,20). The summed E-state index contributed by atoms with van der Waals surface area (Å²) in [5.41, 5.74) is 4.79. The Morgan fingerprint density at radius 3 is 3.09 bits per heavy atom. The Morgan fingerprint density at radius 2 is 2.35 bits per heavy atom. The molecule has 4 rings (SSSR count). The summed E-state index contributed by atoms with van der Waals surface area (Å²) < 4.78 is 10.8. The molecule has 23 heavy (non-hydrogen) atoms. The zero-order valence-corrected chi connectivity index (χ0v) is 13.4. The highest BCUT2D eigenvalue weighted by Gasteiger charge is 2.32. The number of rotatable bonds is 5. The van der Waals surface area contributed by atoms with E-state index < -0.39 is 0 Å².